The SMILES string of the molecule is CC/C=C/C1CC1N. The molecule has 0 aromatic heterocycles. The molecule has 0 bridgehead atoms. The predicted molar refractivity (Wildman–Crippen MR) is 35.5 cm³/mol. The molecule has 0 radical (unpaired) electrons. The molecule has 1 heteroatoms. The summed E-state index contributed by atoms with van der Waals surface area (Å²) in [5.41, 5.74) is 5.56. The van der Waals surface area contributed by atoms with Gasteiger partial charge in [-0.05, 0) is 18.8 Å². The Morgan fingerprint density at radius 1 is 1.75 bits per heavy atom. The highest BCUT2D eigenvalue weighted by atomic mass is 14.7. The molecule has 0 spiro atoms. The van der Waals surface area contributed by atoms with Gasteiger partial charge in [0.25, 0.3) is 0 Å². The van der Waals surface area contributed by atoms with Gasteiger partial charge in [0.15, 0.2) is 0 Å². The monoisotopic (exact) mass is 111 g/mol. The van der Waals surface area contributed by atoms with Gasteiger partial charge in [-0.1, -0.05) is 19.1 Å². The minimum Gasteiger partial charge on any atom is -0.327 e. The highest BCUT2D eigenvalue weighted by Crippen LogP contribution is 2.28. The molecule has 1 rings (SSSR count). The molecule has 8 heavy (non-hydrogen) atoms. The van der Waals surface area contributed by atoms with E-state index in [-0.39, 0.29) is 0 Å². The smallest absolute Gasteiger partial charge is 0.0109 e. The Bertz CT molecular complexity index is 96.6. The molecular formula is C7H13N. The van der Waals surface area contributed by atoms with E-state index < -0.39 is 0 Å². The first-order chi connectivity index (χ1) is 3.84. The summed E-state index contributed by atoms with van der Waals surface area (Å²) in [5.74, 6) is 0.718. The summed E-state index contributed by atoms with van der Waals surface area (Å²) in [7, 11) is 0. The molecule has 0 saturated heterocycles. The van der Waals surface area contributed by atoms with Crippen molar-refractivity contribution >= 4 is 0 Å². The van der Waals surface area contributed by atoms with Crippen LogP contribution in [0, 0.1) is 5.92 Å². The summed E-state index contributed by atoms with van der Waals surface area (Å²) in [5, 5.41) is 0. The zero-order valence-corrected chi connectivity index (χ0v) is 5.30. The summed E-state index contributed by atoms with van der Waals surface area (Å²) in [6.45, 7) is 2.14. The molecule has 1 aliphatic carbocycles. The van der Waals surface area contributed by atoms with Crippen LogP contribution < -0.4 is 5.73 Å². The fraction of sp³-hybridized carbons (Fsp3) is 0.714. The lowest BCUT2D eigenvalue weighted by Crippen LogP contribution is -1.99. The van der Waals surface area contributed by atoms with Crippen molar-refractivity contribution in [3.8, 4) is 0 Å². The quantitative estimate of drug-likeness (QED) is 0.534. The van der Waals surface area contributed by atoms with Gasteiger partial charge in [-0.2, -0.15) is 0 Å². The lowest BCUT2D eigenvalue weighted by Gasteiger charge is -1.79. The Morgan fingerprint density at radius 2 is 2.38 bits per heavy atom. The van der Waals surface area contributed by atoms with Crippen molar-refractivity contribution in [2.45, 2.75) is 25.8 Å². The number of hydrogen-bond acceptors (Lipinski definition) is 1. The zero-order chi connectivity index (χ0) is 5.98. The van der Waals surface area contributed by atoms with E-state index in [4.69, 9.17) is 5.73 Å². The van der Waals surface area contributed by atoms with E-state index >= 15 is 0 Å². The fourth-order valence-electron chi connectivity index (χ4n) is 0.768. The van der Waals surface area contributed by atoms with Crippen LogP contribution in [0.2, 0.25) is 0 Å². The van der Waals surface area contributed by atoms with Crippen molar-refractivity contribution in [2.24, 2.45) is 11.7 Å². The summed E-state index contributed by atoms with van der Waals surface area (Å²) in [4.78, 5) is 0. The average molecular weight is 111 g/mol. The molecule has 2 N–H and O–H groups in total. The van der Waals surface area contributed by atoms with Crippen LogP contribution >= 0.6 is 0 Å². The average Bonchev–Trinajstić information content (AvgIpc) is 2.42. The van der Waals surface area contributed by atoms with Gasteiger partial charge in [0.1, 0.15) is 0 Å². The molecule has 0 aromatic carbocycles. The maximum atomic E-state index is 5.56. The first-order valence-electron chi connectivity index (χ1n) is 3.27. The van der Waals surface area contributed by atoms with Gasteiger partial charge >= 0.3 is 0 Å². The number of hydrogen-bond donors (Lipinski definition) is 1. The minimum absolute atomic E-state index is 0.484. The molecule has 0 aromatic rings. The maximum absolute atomic E-state index is 5.56. The van der Waals surface area contributed by atoms with Gasteiger partial charge in [0.05, 0.1) is 0 Å². The fourth-order valence-corrected chi connectivity index (χ4v) is 0.768. The van der Waals surface area contributed by atoms with E-state index in [2.05, 4.69) is 19.1 Å². The summed E-state index contributed by atoms with van der Waals surface area (Å²) in [6, 6.07) is 0.484. The van der Waals surface area contributed by atoms with Gasteiger partial charge in [0, 0.05) is 6.04 Å². The van der Waals surface area contributed by atoms with E-state index in [1.807, 2.05) is 0 Å². The van der Waals surface area contributed by atoms with E-state index in [1.54, 1.807) is 0 Å². The molecule has 0 heterocycles. The Hall–Kier alpha value is -0.300. The van der Waals surface area contributed by atoms with Gasteiger partial charge in [0.2, 0.25) is 0 Å². The van der Waals surface area contributed by atoms with Crippen molar-refractivity contribution in [1.82, 2.24) is 0 Å². The molecule has 0 aliphatic heterocycles. The lowest BCUT2D eigenvalue weighted by atomic mass is 10.3. The summed E-state index contributed by atoms with van der Waals surface area (Å²) < 4.78 is 0. The van der Waals surface area contributed by atoms with Gasteiger partial charge in [-0.15, -0.1) is 0 Å². The third-order valence-electron chi connectivity index (χ3n) is 1.51. The second-order valence-electron chi connectivity index (χ2n) is 2.40. The van der Waals surface area contributed by atoms with Gasteiger partial charge in [-0.3, -0.25) is 0 Å². The summed E-state index contributed by atoms with van der Waals surface area (Å²) in [6.07, 6.45) is 6.77. The molecule has 2 unspecified atom stereocenters. The normalized spacial score (nSPS) is 36.2. The molecule has 2 atom stereocenters. The van der Waals surface area contributed by atoms with Crippen LogP contribution in [0.4, 0.5) is 0 Å². The largest absolute Gasteiger partial charge is 0.327 e. The van der Waals surface area contributed by atoms with Gasteiger partial charge < -0.3 is 5.73 Å². The van der Waals surface area contributed by atoms with E-state index in [9.17, 15) is 0 Å². The Morgan fingerprint density at radius 3 is 2.75 bits per heavy atom. The molecule has 1 saturated carbocycles. The highest BCUT2D eigenvalue weighted by molar-refractivity contribution is 5.04. The summed E-state index contributed by atoms with van der Waals surface area (Å²) >= 11 is 0. The first-order valence-corrected chi connectivity index (χ1v) is 3.27. The Balaban J connectivity index is 2.12. The Kier molecular flexibility index (Phi) is 1.69. The van der Waals surface area contributed by atoms with Crippen LogP contribution in [-0.2, 0) is 0 Å². The van der Waals surface area contributed by atoms with Crippen molar-refractivity contribution in [2.75, 3.05) is 0 Å². The standard InChI is InChI=1S/C7H13N/c1-2-3-4-6-5-7(6)8/h3-4,6-7H,2,5,8H2,1H3/b4-3+. The van der Waals surface area contributed by atoms with Crippen LogP contribution in [0.1, 0.15) is 19.8 Å². The van der Waals surface area contributed by atoms with E-state index in [1.165, 1.54) is 6.42 Å². The second kappa shape index (κ2) is 2.31. The van der Waals surface area contributed by atoms with Crippen molar-refractivity contribution in [3.05, 3.63) is 12.2 Å². The lowest BCUT2D eigenvalue weighted by molar-refractivity contribution is 0.968. The molecule has 1 aliphatic rings. The third-order valence-corrected chi connectivity index (χ3v) is 1.51. The van der Waals surface area contributed by atoms with Crippen LogP contribution in [0.25, 0.3) is 0 Å². The van der Waals surface area contributed by atoms with E-state index in [0.29, 0.717) is 6.04 Å². The minimum atomic E-state index is 0.484. The zero-order valence-electron chi connectivity index (χ0n) is 5.30. The molecule has 46 valence electrons. The van der Waals surface area contributed by atoms with Crippen LogP contribution in [0.3, 0.4) is 0 Å². The van der Waals surface area contributed by atoms with Gasteiger partial charge in [-0.25, -0.2) is 0 Å². The van der Waals surface area contributed by atoms with E-state index in [0.717, 1.165) is 12.3 Å². The number of nitrogens with two attached hydrogens (primary N) is 1. The maximum Gasteiger partial charge on any atom is 0.0109 e. The van der Waals surface area contributed by atoms with Crippen LogP contribution in [-0.4, -0.2) is 6.04 Å². The van der Waals surface area contributed by atoms with Crippen molar-refractivity contribution in [1.29, 1.82) is 0 Å². The molecule has 1 fully saturated rings. The number of rotatable bonds is 2. The highest BCUT2D eigenvalue weighted by Gasteiger charge is 2.29. The molecular weight excluding hydrogens is 98.1 g/mol. The van der Waals surface area contributed by atoms with Crippen molar-refractivity contribution in [3.63, 3.8) is 0 Å². The second-order valence-corrected chi connectivity index (χ2v) is 2.40. The Labute approximate surface area is 50.6 Å². The topological polar surface area (TPSA) is 26.0 Å². The van der Waals surface area contributed by atoms with Crippen LogP contribution in [0.5, 0.6) is 0 Å². The molecule has 1 nitrogen and oxygen atoms in total. The van der Waals surface area contributed by atoms with Crippen molar-refractivity contribution < 1.29 is 0 Å². The van der Waals surface area contributed by atoms with Crippen LogP contribution in [0.15, 0.2) is 12.2 Å². The molecule has 0 amide bonds. The number of allylic oxidation sites excluding steroid dienone is 1. The first kappa shape index (κ1) is 5.83. The third kappa shape index (κ3) is 1.34. The predicted octanol–water partition coefficient (Wildman–Crippen LogP) is 1.30.